The van der Waals surface area contributed by atoms with Crippen molar-refractivity contribution in [3.05, 3.63) is 59.4 Å². The van der Waals surface area contributed by atoms with E-state index in [0.717, 1.165) is 11.1 Å². The fraction of sp³-hybridized carbons (Fsp3) is 0.333. The first-order valence-corrected chi connectivity index (χ1v) is 7.30. The summed E-state index contributed by atoms with van der Waals surface area (Å²) >= 11 is 0. The third kappa shape index (κ3) is 2.48. The Labute approximate surface area is 119 Å². The Kier molecular flexibility index (Phi) is 3.58. The maximum absolute atomic E-state index is 14.1. The fourth-order valence-corrected chi connectivity index (χ4v) is 2.75. The van der Waals surface area contributed by atoms with Gasteiger partial charge in [-0.1, -0.05) is 36.8 Å². The van der Waals surface area contributed by atoms with Gasteiger partial charge in [-0.2, -0.15) is 0 Å². The molecule has 2 N–H and O–H groups in total. The van der Waals surface area contributed by atoms with Crippen LogP contribution < -0.4 is 5.73 Å². The Bertz CT molecular complexity index is 615. The number of halogens is 1. The van der Waals surface area contributed by atoms with Crippen LogP contribution in [0.3, 0.4) is 0 Å². The van der Waals surface area contributed by atoms with Crippen molar-refractivity contribution < 1.29 is 4.39 Å². The molecule has 1 saturated carbocycles. The predicted octanol–water partition coefficient (Wildman–Crippen LogP) is 4.78. The van der Waals surface area contributed by atoms with Crippen LogP contribution in [0.5, 0.6) is 0 Å². The van der Waals surface area contributed by atoms with Gasteiger partial charge in [-0.05, 0) is 54.5 Å². The lowest BCUT2D eigenvalue weighted by molar-refractivity contribution is 0.420. The van der Waals surface area contributed by atoms with Crippen LogP contribution in [0.1, 0.15) is 49.3 Å². The van der Waals surface area contributed by atoms with E-state index in [1.54, 1.807) is 6.07 Å². The second-order valence-electron chi connectivity index (χ2n) is 5.78. The third-order valence-corrected chi connectivity index (χ3v) is 4.29. The lowest BCUT2D eigenvalue weighted by Gasteiger charge is -2.26. The summed E-state index contributed by atoms with van der Waals surface area (Å²) in [5.41, 5.74) is 9.80. The van der Waals surface area contributed by atoms with Crippen LogP contribution in [0.25, 0.3) is 11.1 Å². The van der Waals surface area contributed by atoms with Gasteiger partial charge in [0.25, 0.3) is 0 Å². The molecule has 0 heterocycles. The van der Waals surface area contributed by atoms with Crippen LogP contribution >= 0.6 is 0 Å². The highest BCUT2D eigenvalue weighted by atomic mass is 19.1. The minimum absolute atomic E-state index is 0.0795. The van der Waals surface area contributed by atoms with Gasteiger partial charge >= 0.3 is 0 Å². The Morgan fingerprint density at radius 1 is 1.15 bits per heavy atom. The van der Waals surface area contributed by atoms with Crippen molar-refractivity contribution in [3.8, 4) is 11.1 Å². The monoisotopic (exact) mass is 269 g/mol. The molecule has 3 rings (SSSR count). The Morgan fingerprint density at radius 3 is 2.60 bits per heavy atom. The van der Waals surface area contributed by atoms with E-state index in [0.29, 0.717) is 11.5 Å². The molecule has 1 aliphatic rings. The van der Waals surface area contributed by atoms with E-state index in [-0.39, 0.29) is 11.9 Å². The largest absolute Gasteiger partial charge is 0.324 e. The topological polar surface area (TPSA) is 26.0 Å². The molecule has 1 nitrogen and oxygen atoms in total. The number of hydrogen-bond acceptors (Lipinski definition) is 1. The zero-order chi connectivity index (χ0) is 14.1. The van der Waals surface area contributed by atoms with Crippen molar-refractivity contribution >= 4 is 0 Å². The molecule has 1 aliphatic carbocycles. The Morgan fingerprint density at radius 2 is 1.95 bits per heavy atom. The van der Waals surface area contributed by atoms with Gasteiger partial charge in [-0.15, -0.1) is 0 Å². The van der Waals surface area contributed by atoms with Gasteiger partial charge in [0.2, 0.25) is 0 Å². The van der Waals surface area contributed by atoms with E-state index in [9.17, 15) is 4.39 Å². The summed E-state index contributed by atoms with van der Waals surface area (Å²) in [5, 5.41) is 0. The highest BCUT2D eigenvalue weighted by molar-refractivity contribution is 5.66. The van der Waals surface area contributed by atoms with E-state index >= 15 is 0 Å². The van der Waals surface area contributed by atoms with Crippen molar-refractivity contribution in [1.82, 2.24) is 0 Å². The maximum Gasteiger partial charge on any atom is 0.131 e. The molecule has 0 spiro atoms. The molecule has 104 valence electrons. The smallest absolute Gasteiger partial charge is 0.131 e. The normalized spacial score (nSPS) is 16.8. The highest BCUT2D eigenvalue weighted by Crippen LogP contribution is 2.38. The summed E-state index contributed by atoms with van der Waals surface area (Å²) in [7, 11) is 0. The van der Waals surface area contributed by atoms with Crippen molar-refractivity contribution in [2.24, 2.45) is 5.73 Å². The molecular formula is C18H20FN. The molecule has 2 aromatic rings. The van der Waals surface area contributed by atoms with Gasteiger partial charge < -0.3 is 5.73 Å². The zero-order valence-corrected chi connectivity index (χ0v) is 11.8. The molecule has 0 saturated heterocycles. The van der Waals surface area contributed by atoms with Crippen LogP contribution in [-0.2, 0) is 0 Å². The molecule has 1 fully saturated rings. The molecule has 1 unspecified atom stereocenters. The first-order valence-electron chi connectivity index (χ1n) is 7.30. The van der Waals surface area contributed by atoms with Gasteiger partial charge in [-0.3, -0.25) is 0 Å². The standard InChI is InChI=1S/C18H20FN/c1-12(20)14-8-9-18(19)17(11-14)16-7-3-6-15(10-16)13-4-2-5-13/h3,6-13H,2,4-5,20H2,1H3. The van der Waals surface area contributed by atoms with E-state index in [4.69, 9.17) is 5.73 Å². The van der Waals surface area contributed by atoms with E-state index in [1.807, 2.05) is 25.1 Å². The maximum atomic E-state index is 14.1. The van der Waals surface area contributed by atoms with Gasteiger partial charge in [0.1, 0.15) is 5.82 Å². The predicted molar refractivity (Wildman–Crippen MR) is 81.0 cm³/mol. The minimum Gasteiger partial charge on any atom is -0.324 e. The van der Waals surface area contributed by atoms with Gasteiger partial charge in [0, 0.05) is 11.6 Å². The van der Waals surface area contributed by atoms with Gasteiger partial charge in [0.15, 0.2) is 0 Å². The molecule has 0 aliphatic heterocycles. The van der Waals surface area contributed by atoms with Crippen LogP contribution in [0, 0.1) is 5.82 Å². The van der Waals surface area contributed by atoms with E-state index in [2.05, 4.69) is 12.1 Å². The summed E-state index contributed by atoms with van der Waals surface area (Å²) in [4.78, 5) is 0. The van der Waals surface area contributed by atoms with Crippen LogP contribution in [-0.4, -0.2) is 0 Å². The summed E-state index contributed by atoms with van der Waals surface area (Å²) in [6.45, 7) is 1.92. The third-order valence-electron chi connectivity index (χ3n) is 4.29. The molecule has 0 aromatic heterocycles. The number of hydrogen-bond donors (Lipinski definition) is 1. The minimum atomic E-state index is -0.180. The fourth-order valence-electron chi connectivity index (χ4n) is 2.75. The summed E-state index contributed by atoms with van der Waals surface area (Å²) in [6, 6.07) is 13.4. The van der Waals surface area contributed by atoms with Crippen LogP contribution in [0.15, 0.2) is 42.5 Å². The molecule has 0 radical (unpaired) electrons. The summed E-state index contributed by atoms with van der Waals surface area (Å²) in [6.07, 6.45) is 3.82. The molecular weight excluding hydrogens is 249 g/mol. The molecule has 2 aromatic carbocycles. The zero-order valence-electron chi connectivity index (χ0n) is 11.8. The Balaban J connectivity index is 2.01. The lowest BCUT2D eigenvalue weighted by atomic mass is 9.79. The number of benzene rings is 2. The first kappa shape index (κ1) is 13.3. The van der Waals surface area contributed by atoms with Gasteiger partial charge in [0.05, 0.1) is 0 Å². The summed E-state index contributed by atoms with van der Waals surface area (Å²) < 4.78 is 14.1. The SMILES string of the molecule is CC(N)c1ccc(F)c(-c2cccc(C3CCC3)c2)c1. The second-order valence-corrected chi connectivity index (χ2v) is 5.78. The van der Waals surface area contributed by atoms with Crippen LogP contribution in [0.4, 0.5) is 4.39 Å². The number of rotatable bonds is 3. The van der Waals surface area contributed by atoms with Crippen molar-refractivity contribution in [1.29, 1.82) is 0 Å². The average molecular weight is 269 g/mol. The molecule has 20 heavy (non-hydrogen) atoms. The summed E-state index contributed by atoms with van der Waals surface area (Å²) in [5.74, 6) is 0.481. The van der Waals surface area contributed by atoms with Crippen LogP contribution in [0.2, 0.25) is 0 Å². The van der Waals surface area contributed by atoms with Crippen molar-refractivity contribution in [3.63, 3.8) is 0 Å². The molecule has 0 amide bonds. The molecule has 1 atom stereocenters. The molecule has 0 bridgehead atoms. The average Bonchev–Trinajstić information content (AvgIpc) is 2.37. The van der Waals surface area contributed by atoms with E-state index < -0.39 is 0 Å². The highest BCUT2D eigenvalue weighted by Gasteiger charge is 2.20. The lowest BCUT2D eigenvalue weighted by Crippen LogP contribution is -2.08. The molecule has 2 heteroatoms. The van der Waals surface area contributed by atoms with Gasteiger partial charge in [-0.25, -0.2) is 4.39 Å². The first-order chi connectivity index (χ1) is 9.65. The second kappa shape index (κ2) is 5.37. The van der Waals surface area contributed by atoms with E-state index in [1.165, 1.54) is 30.9 Å². The Hall–Kier alpha value is -1.67. The van der Waals surface area contributed by atoms with Crippen molar-refractivity contribution in [2.75, 3.05) is 0 Å². The quantitative estimate of drug-likeness (QED) is 0.852. The van der Waals surface area contributed by atoms with Crippen molar-refractivity contribution in [2.45, 2.75) is 38.1 Å². The number of nitrogens with two attached hydrogens (primary N) is 1.